The highest BCUT2D eigenvalue weighted by molar-refractivity contribution is 5.81. The van der Waals surface area contributed by atoms with Crippen LogP contribution in [0.25, 0.3) is 11.3 Å². The molecule has 2 aliphatic heterocycles. The first kappa shape index (κ1) is 14.4. The molecular weight excluding hydrogens is 294 g/mol. The minimum atomic E-state index is -0.254. The van der Waals surface area contributed by atoms with E-state index in [1.807, 2.05) is 11.0 Å². The second kappa shape index (κ2) is 6.12. The molecule has 1 saturated heterocycles. The van der Waals surface area contributed by atoms with Crippen LogP contribution in [0.5, 0.6) is 0 Å². The second-order valence-corrected chi connectivity index (χ2v) is 5.99. The van der Waals surface area contributed by atoms with Crippen LogP contribution in [0.3, 0.4) is 0 Å². The van der Waals surface area contributed by atoms with E-state index in [2.05, 4.69) is 9.97 Å². The number of amides is 1. The van der Waals surface area contributed by atoms with Gasteiger partial charge in [0, 0.05) is 42.9 Å². The third-order valence-corrected chi connectivity index (χ3v) is 4.60. The Labute approximate surface area is 134 Å². The van der Waals surface area contributed by atoms with Crippen molar-refractivity contribution in [1.82, 2.24) is 14.9 Å². The predicted octanol–water partition coefficient (Wildman–Crippen LogP) is 1.84. The van der Waals surface area contributed by atoms with E-state index in [0.29, 0.717) is 19.7 Å². The summed E-state index contributed by atoms with van der Waals surface area (Å²) in [6.45, 7) is 2.07. The number of furan rings is 1. The van der Waals surface area contributed by atoms with E-state index in [4.69, 9.17) is 9.15 Å². The van der Waals surface area contributed by atoms with Crippen molar-refractivity contribution in [2.45, 2.75) is 31.8 Å². The molecule has 0 bridgehead atoms. The van der Waals surface area contributed by atoms with Crippen molar-refractivity contribution in [3.05, 3.63) is 36.2 Å². The van der Waals surface area contributed by atoms with E-state index in [9.17, 15) is 4.79 Å². The average Bonchev–Trinajstić information content (AvgIpc) is 3.24. The van der Waals surface area contributed by atoms with Crippen molar-refractivity contribution >= 4 is 5.91 Å². The van der Waals surface area contributed by atoms with Gasteiger partial charge in [-0.15, -0.1) is 0 Å². The lowest BCUT2D eigenvalue weighted by molar-refractivity contribution is -0.140. The fourth-order valence-corrected chi connectivity index (χ4v) is 3.37. The highest BCUT2D eigenvalue weighted by Crippen LogP contribution is 2.26. The Bertz CT molecular complexity index is 693. The van der Waals surface area contributed by atoms with Gasteiger partial charge in [-0.25, -0.2) is 9.97 Å². The number of carbonyl (C=O) groups is 1. The lowest BCUT2D eigenvalue weighted by Gasteiger charge is -2.23. The average molecular weight is 313 g/mol. The number of hydrogen-bond donors (Lipinski definition) is 0. The minimum Gasteiger partial charge on any atom is -0.472 e. The van der Waals surface area contributed by atoms with E-state index in [0.717, 1.165) is 48.2 Å². The summed E-state index contributed by atoms with van der Waals surface area (Å²) in [5, 5.41) is 0. The molecule has 4 heterocycles. The summed E-state index contributed by atoms with van der Waals surface area (Å²) >= 11 is 0. The largest absolute Gasteiger partial charge is 0.472 e. The van der Waals surface area contributed by atoms with Crippen molar-refractivity contribution in [2.24, 2.45) is 0 Å². The van der Waals surface area contributed by atoms with Crippen LogP contribution in [-0.2, 0) is 22.4 Å². The smallest absolute Gasteiger partial charge is 0.251 e. The molecular formula is C17H19N3O3. The van der Waals surface area contributed by atoms with Crippen LogP contribution in [-0.4, -0.2) is 46.6 Å². The van der Waals surface area contributed by atoms with Crippen molar-refractivity contribution in [1.29, 1.82) is 0 Å². The van der Waals surface area contributed by atoms with Gasteiger partial charge in [-0.05, 0) is 25.3 Å². The molecule has 6 nitrogen and oxygen atoms in total. The summed E-state index contributed by atoms with van der Waals surface area (Å²) in [6, 6.07) is 1.91. The van der Waals surface area contributed by atoms with E-state index in [1.165, 1.54) is 0 Å². The van der Waals surface area contributed by atoms with E-state index >= 15 is 0 Å². The van der Waals surface area contributed by atoms with E-state index in [-0.39, 0.29) is 12.0 Å². The molecule has 0 aliphatic carbocycles. The molecule has 0 saturated carbocycles. The van der Waals surface area contributed by atoms with Crippen LogP contribution in [0.2, 0.25) is 0 Å². The lowest BCUT2D eigenvalue weighted by atomic mass is 10.0. The van der Waals surface area contributed by atoms with E-state index < -0.39 is 0 Å². The second-order valence-electron chi connectivity index (χ2n) is 5.99. The Morgan fingerprint density at radius 1 is 1.26 bits per heavy atom. The summed E-state index contributed by atoms with van der Waals surface area (Å²) in [7, 11) is 0. The predicted molar refractivity (Wildman–Crippen MR) is 82.7 cm³/mol. The third-order valence-electron chi connectivity index (χ3n) is 4.60. The maximum Gasteiger partial charge on any atom is 0.251 e. The topological polar surface area (TPSA) is 68.5 Å². The van der Waals surface area contributed by atoms with Crippen molar-refractivity contribution in [3.8, 4) is 11.3 Å². The first-order chi connectivity index (χ1) is 11.3. The van der Waals surface area contributed by atoms with Gasteiger partial charge in [-0.1, -0.05) is 0 Å². The Morgan fingerprint density at radius 2 is 2.17 bits per heavy atom. The molecule has 1 fully saturated rings. The van der Waals surface area contributed by atoms with Gasteiger partial charge in [0.15, 0.2) is 0 Å². The maximum absolute atomic E-state index is 12.6. The number of fused-ring (bicyclic) bond motifs is 1. The van der Waals surface area contributed by atoms with Crippen LogP contribution < -0.4 is 0 Å². The van der Waals surface area contributed by atoms with Gasteiger partial charge in [0.05, 0.1) is 18.2 Å². The standard InChI is InChI=1S/C17H19N3O3/c21-17(15-2-1-8-23-15)20-6-3-13-14(4-7-20)18-11-19-16(13)12-5-9-22-10-12/h5,9-11,15H,1-4,6-8H2/t15-/m1/s1. The SMILES string of the molecule is O=C([C@H]1CCCO1)N1CCc2ncnc(-c3ccoc3)c2CC1. The van der Waals surface area contributed by atoms with E-state index in [1.54, 1.807) is 18.9 Å². The number of carbonyl (C=O) groups excluding carboxylic acids is 1. The normalized spacial score (nSPS) is 21.0. The molecule has 2 aromatic heterocycles. The molecule has 0 N–H and O–H groups in total. The van der Waals surface area contributed by atoms with Gasteiger partial charge >= 0.3 is 0 Å². The van der Waals surface area contributed by atoms with Crippen molar-refractivity contribution in [3.63, 3.8) is 0 Å². The zero-order valence-electron chi connectivity index (χ0n) is 12.9. The summed E-state index contributed by atoms with van der Waals surface area (Å²) < 4.78 is 10.7. The Kier molecular flexibility index (Phi) is 3.83. The number of nitrogens with zero attached hydrogens (tertiary/aromatic N) is 3. The highest BCUT2D eigenvalue weighted by Gasteiger charge is 2.30. The van der Waals surface area contributed by atoms with Gasteiger partial charge in [0.2, 0.25) is 0 Å². The molecule has 2 aliphatic rings. The summed E-state index contributed by atoms with van der Waals surface area (Å²) in [5.74, 6) is 0.119. The summed E-state index contributed by atoms with van der Waals surface area (Å²) in [4.78, 5) is 23.3. The maximum atomic E-state index is 12.6. The molecule has 6 heteroatoms. The Morgan fingerprint density at radius 3 is 2.96 bits per heavy atom. The minimum absolute atomic E-state index is 0.119. The first-order valence-corrected chi connectivity index (χ1v) is 8.08. The van der Waals surface area contributed by atoms with Gasteiger partial charge < -0.3 is 14.1 Å². The van der Waals surface area contributed by atoms with Crippen LogP contribution in [0.1, 0.15) is 24.1 Å². The molecule has 23 heavy (non-hydrogen) atoms. The van der Waals surface area contributed by atoms with Crippen LogP contribution in [0.4, 0.5) is 0 Å². The molecule has 4 rings (SSSR count). The Balaban J connectivity index is 1.57. The van der Waals surface area contributed by atoms with Crippen molar-refractivity contribution in [2.75, 3.05) is 19.7 Å². The fourth-order valence-electron chi connectivity index (χ4n) is 3.37. The molecule has 0 spiro atoms. The molecule has 1 amide bonds. The monoisotopic (exact) mass is 313 g/mol. The number of hydrogen-bond acceptors (Lipinski definition) is 5. The number of aromatic nitrogens is 2. The molecule has 0 unspecified atom stereocenters. The molecule has 1 atom stereocenters. The Hall–Kier alpha value is -2.21. The molecule has 0 aromatic carbocycles. The third kappa shape index (κ3) is 2.74. The molecule has 120 valence electrons. The van der Waals surface area contributed by atoms with Gasteiger partial charge in [-0.3, -0.25) is 4.79 Å². The van der Waals surface area contributed by atoms with Gasteiger partial charge in [0.25, 0.3) is 5.91 Å². The summed E-state index contributed by atoms with van der Waals surface area (Å²) in [5.41, 5.74) is 4.02. The van der Waals surface area contributed by atoms with Crippen LogP contribution in [0, 0.1) is 0 Å². The molecule has 2 aromatic rings. The quantitative estimate of drug-likeness (QED) is 0.846. The fraction of sp³-hybridized carbons (Fsp3) is 0.471. The van der Waals surface area contributed by atoms with Gasteiger partial charge in [0.1, 0.15) is 12.4 Å². The molecule has 0 radical (unpaired) electrons. The highest BCUT2D eigenvalue weighted by atomic mass is 16.5. The zero-order valence-corrected chi connectivity index (χ0v) is 12.9. The zero-order chi connectivity index (χ0) is 15.6. The summed E-state index contributed by atoms with van der Waals surface area (Å²) in [6.07, 6.45) is 8.00. The van der Waals surface area contributed by atoms with Crippen LogP contribution >= 0.6 is 0 Å². The van der Waals surface area contributed by atoms with Crippen molar-refractivity contribution < 1.29 is 13.9 Å². The number of ether oxygens (including phenoxy) is 1. The lowest BCUT2D eigenvalue weighted by Crippen LogP contribution is -2.40. The first-order valence-electron chi connectivity index (χ1n) is 8.08. The van der Waals surface area contributed by atoms with Gasteiger partial charge in [-0.2, -0.15) is 0 Å². The van der Waals surface area contributed by atoms with Crippen LogP contribution in [0.15, 0.2) is 29.3 Å². The number of rotatable bonds is 2.